The van der Waals surface area contributed by atoms with Crippen LogP contribution in [0.15, 0.2) is 12.1 Å². The van der Waals surface area contributed by atoms with Crippen LogP contribution in [0.1, 0.15) is 35.4 Å². The Hall–Kier alpha value is -0.380. The topological polar surface area (TPSA) is 38.0 Å². The summed E-state index contributed by atoms with van der Waals surface area (Å²) in [5, 5.41) is 3.53. The van der Waals surface area contributed by atoms with Crippen molar-refractivity contribution in [3.8, 4) is 0 Å². The van der Waals surface area contributed by atoms with Gasteiger partial charge in [0.05, 0.1) is 0 Å². The highest BCUT2D eigenvalue weighted by Gasteiger charge is 2.34. The van der Waals surface area contributed by atoms with Crippen molar-refractivity contribution < 1.29 is 0 Å². The van der Waals surface area contributed by atoms with E-state index in [0.29, 0.717) is 5.41 Å². The molecule has 3 N–H and O–H groups in total. The molecular weight excluding hydrogens is 216 g/mol. The van der Waals surface area contributed by atoms with E-state index in [1.54, 1.807) is 0 Å². The summed E-state index contributed by atoms with van der Waals surface area (Å²) in [6, 6.07) is 4.41. The first-order valence-electron chi connectivity index (χ1n) is 6.20. The van der Waals surface area contributed by atoms with Crippen molar-refractivity contribution in [2.24, 2.45) is 11.1 Å². The van der Waals surface area contributed by atoms with Crippen molar-refractivity contribution in [3.05, 3.63) is 21.9 Å². The Kier molecular flexibility index (Phi) is 4.00. The Labute approximate surface area is 102 Å². The third-order valence-corrected chi connectivity index (χ3v) is 4.78. The van der Waals surface area contributed by atoms with Gasteiger partial charge in [0.2, 0.25) is 0 Å². The summed E-state index contributed by atoms with van der Waals surface area (Å²) in [6.45, 7) is 5.14. The van der Waals surface area contributed by atoms with Gasteiger partial charge in [-0.15, -0.1) is 11.3 Å². The fraction of sp³-hybridized carbons (Fsp3) is 0.692. The van der Waals surface area contributed by atoms with E-state index in [0.717, 1.165) is 19.6 Å². The normalized spacial score (nSPS) is 18.4. The SMILES string of the molecule is Cc1ccc(CNCCC2(CN)CCC2)s1. The van der Waals surface area contributed by atoms with Gasteiger partial charge in [-0.3, -0.25) is 0 Å². The lowest BCUT2D eigenvalue weighted by Crippen LogP contribution is -2.39. The molecule has 0 radical (unpaired) electrons. The van der Waals surface area contributed by atoms with Crippen LogP contribution < -0.4 is 11.1 Å². The molecule has 0 bridgehead atoms. The number of thiophene rings is 1. The second-order valence-electron chi connectivity index (χ2n) is 5.00. The Morgan fingerprint density at radius 2 is 2.25 bits per heavy atom. The number of hydrogen-bond acceptors (Lipinski definition) is 3. The molecule has 90 valence electrons. The predicted molar refractivity (Wildman–Crippen MR) is 70.7 cm³/mol. The summed E-state index contributed by atoms with van der Waals surface area (Å²) in [7, 11) is 0. The smallest absolute Gasteiger partial charge is 0.0299 e. The van der Waals surface area contributed by atoms with Gasteiger partial charge in [0.1, 0.15) is 0 Å². The summed E-state index contributed by atoms with van der Waals surface area (Å²) in [6.07, 6.45) is 5.29. The predicted octanol–water partition coefficient (Wildman–Crippen LogP) is 2.67. The Morgan fingerprint density at radius 3 is 2.75 bits per heavy atom. The van der Waals surface area contributed by atoms with Gasteiger partial charge in [-0.05, 0) is 56.8 Å². The fourth-order valence-corrected chi connectivity index (χ4v) is 3.24. The third-order valence-electron chi connectivity index (χ3n) is 3.77. The molecule has 1 aromatic heterocycles. The molecule has 1 aromatic rings. The molecule has 1 saturated carbocycles. The molecule has 0 aliphatic heterocycles. The molecule has 16 heavy (non-hydrogen) atoms. The standard InChI is InChI=1S/C13H22N2S/c1-11-3-4-12(16-11)9-15-8-7-13(10-14)5-2-6-13/h3-4,15H,2,5-10,14H2,1H3. The maximum absolute atomic E-state index is 5.84. The fourth-order valence-electron chi connectivity index (χ4n) is 2.38. The molecule has 2 nitrogen and oxygen atoms in total. The van der Waals surface area contributed by atoms with E-state index in [9.17, 15) is 0 Å². The first-order chi connectivity index (χ1) is 7.74. The summed E-state index contributed by atoms with van der Waals surface area (Å²) >= 11 is 1.88. The number of nitrogens with two attached hydrogens (primary N) is 1. The molecule has 0 aromatic carbocycles. The highest BCUT2D eigenvalue weighted by atomic mass is 32.1. The molecular formula is C13H22N2S. The van der Waals surface area contributed by atoms with Crippen LogP contribution in [0.4, 0.5) is 0 Å². The number of nitrogens with one attached hydrogen (secondary N) is 1. The Morgan fingerprint density at radius 1 is 1.44 bits per heavy atom. The van der Waals surface area contributed by atoms with Gasteiger partial charge < -0.3 is 11.1 Å². The molecule has 2 rings (SSSR count). The van der Waals surface area contributed by atoms with Gasteiger partial charge in [0.15, 0.2) is 0 Å². The van der Waals surface area contributed by atoms with Gasteiger partial charge in [-0.25, -0.2) is 0 Å². The lowest BCUT2D eigenvalue weighted by Gasteiger charge is -2.41. The van der Waals surface area contributed by atoms with E-state index >= 15 is 0 Å². The summed E-state index contributed by atoms with van der Waals surface area (Å²) in [5.41, 5.74) is 6.32. The zero-order chi connectivity index (χ0) is 11.4. The van der Waals surface area contributed by atoms with Gasteiger partial charge >= 0.3 is 0 Å². The number of hydrogen-bond donors (Lipinski definition) is 2. The molecule has 0 saturated heterocycles. The van der Waals surface area contributed by atoms with Gasteiger partial charge in [-0.2, -0.15) is 0 Å². The van der Waals surface area contributed by atoms with Gasteiger partial charge in [-0.1, -0.05) is 6.42 Å². The zero-order valence-corrected chi connectivity index (χ0v) is 10.9. The van der Waals surface area contributed by atoms with E-state index in [1.807, 2.05) is 11.3 Å². The first-order valence-corrected chi connectivity index (χ1v) is 7.02. The molecule has 0 spiro atoms. The zero-order valence-electron chi connectivity index (χ0n) is 10.1. The molecule has 1 aliphatic rings. The lowest BCUT2D eigenvalue weighted by molar-refractivity contribution is 0.130. The van der Waals surface area contributed by atoms with Crippen LogP contribution in [0.25, 0.3) is 0 Å². The minimum absolute atomic E-state index is 0.484. The highest BCUT2D eigenvalue weighted by Crippen LogP contribution is 2.42. The van der Waals surface area contributed by atoms with Crippen LogP contribution in [-0.2, 0) is 6.54 Å². The summed E-state index contributed by atoms with van der Waals surface area (Å²) < 4.78 is 0. The second kappa shape index (κ2) is 5.30. The van der Waals surface area contributed by atoms with E-state index in [1.165, 1.54) is 35.4 Å². The molecule has 0 unspecified atom stereocenters. The molecule has 0 amide bonds. The second-order valence-corrected chi connectivity index (χ2v) is 6.37. The minimum atomic E-state index is 0.484. The minimum Gasteiger partial charge on any atom is -0.330 e. The van der Waals surface area contributed by atoms with Crippen molar-refractivity contribution >= 4 is 11.3 Å². The molecule has 1 heterocycles. The number of aryl methyl sites for hydroxylation is 1. The number of rotatable bonds is 6. The average molecular weight is 238 g/mol. The lowest BCUT2D eigenvalue weighted by atomic mass is 9.67. The Balaban J connectivity index is 1.65. The van der Waals surface area contributed by atoms with E-state index in [2.05, 4.69) is 24.4 Å². The van der Waals surface area contributed by atoms with Crippen molar-refractivity contribution in [1.82, 2.24) is 5.32 Å². The Bertz CT molecular complexity index is 323. The van der Waals surface area contributed by atoms with Gasteiger partial charge in [0, 0.05) is 16.3 Å². The van der Waals surface area contributed by atoms with Gasteiger partial charge in [0.25, 0.3) is 0 Å². The average Bonchev–Trinajstić information content (AvgIpc) is 2.62. The van der Waals surface area contributed by atoms with Crippen LogP contribution in [-0.4, -0.2) is 13.1 Å². The van der Waals surface area contributed by atoms with Crippen LogP contribution >= 0.6 is 11.3 Å². The van der Waals surface area contributed by atoms with Crippen LogP contribution in [0.3, 0.4) is 0 Å². The first kappa shape index (κ1) is 12.1. The van der Waals surface area contributed by atoms with Crippen molar-refractivity contribution in [2.75, 3.05) is 13.1 Å². The van der Waals surface area contributed by atoms with Crippen LogP contribution in [0, 0.1) is 12.3 Å². The van der Waals surface area contributed by atoms with E-state index in [4.69, 9.17) is 5.73 Å². The van der Waals surface area contributed by atoms with Crippen LogP contribution in [0.2, 0.25) is 0 Å². The quantitative estimate of drug-likeness (QED) is 0.748. The largest absolute Gasteiger partial charge is 0.330 e. The van der Waals surface area contributed by atoms with E-state index in [-0.39, 0.29) is 0 Å². The monoisotopic (exact) mass is 238 g/mol. The summed E-state index contributed by atoms with van der Waals surface area (Å²) in [4.78, 5) is 2.84. The molecule has 1 fully saturated rings. The summed E-state index contributed by atoms with van der Waals surface area (Å²) in [5.74, 6) is 0. The highest BCUT2D eigenvalue weighted by molar-refractivity contribution is 7.11. The maximum Gasteiger partial charge on any atom is 0.0299 e. The maximum atomic E-state index is 5.84. The van der Waals surface area contributed by atoms with E-state index < -0.39 is 0 Å². The van der Waals surface area contributed by atoms with Crippen molar-refractivity contribution in [3.63, 3.8) is 0 Å². The van der Waals surface area contributed by atoms with Crippen LogP contribution in [0.5, 0.6) is 0 Å². The molecule has 3 heteroatoms. The van der Waals surface area contributed by atoms with Crippen molar-refractivity contribution in [1.29, 1.82) is 0 Å². The molecule has 0 atom stereocenters. The molecule has 1 aliphatic carbocycles. The van der Waals surface area contributed by atoms with Crippen molar-refractivity contribution in [2.45, 2.75) is 39.2 Å². The third kappa shape index (κ3) is 2.84.